The molecule has 82 valence electrons. The summed E-state index contributed by atoms with van der Waals surface area (Å²) in [6.07, 6.45) is 2.78. The second-order valence-electron chi connectivity index (χ2n) is 3.85. The van der Waals surface area contributed by atoms with Crippen LogP contribution in [-0.4, -0.2) is 28.3 Å². The first kappa shape index (κ1) is 13.8. The normalized spacial score (nSPS) is 17.1. The predicted octanol–water partition coefficient (Wildman–Crippen LogP) is 1.51. The molecule has 0 heterocycles. The molecule has 0 aliphatic carbocycles. The minimum absolute atomic E-state index is 0.234. The SMILES string of the molecule is CC(CO)SCCCCC(C)(N)C#N. The Balaban J connectivity index is 3.35. The molecule has 0 bridgehead atoms. The summed E-state index contributed by atoms with van der Waals surface area (Å²) >= 11 is 1.76. The molecule has 0 amide bonds. The molecule has 0 radical (unpaired) electrons. The highest BCUT2D eigenvalue weighted by molar-refractivity contribution is 7.99. The van der Waals surface area contributed by atoms with E-state index in [-0.39, 0.29) is 6.61 Å². The average molecular weight is 216 g/mol. The van der Waals surface area contributed by atoms with Crippen molar-refractivity contribution >= 4 is 11.8 Å². The number of aliphatic hydroxyl groups is 1. The molecule has 0 aliphatic heterocycles. The maximum atomic E-state index is 8.77. The predicted molar refractivity (Wildman–Crippen MR) is 61.1 cm³/mol. The first-order valence-electron chi connectivity index (χ1n) is 4.94. The van der Waals surface area contributed by atoms with E-state index in [1.807, 2.05) is 6.92 Å². The molecule has 0 aliphatic rings. The lowest BCUT2D eigenvalue weighted by molar-refractivity contribution is 0.300. The molecule has 3 nitrogen and oxygen atoms in total. The second-order valence-corrected chi connectivity index (χ2v) is 5.40. The molecule has 0 saturated heterocycles. The minimum Gasteiger partial charge on any atom is -0.395 e. The summed E-state index contributed by atoms with van der Waals surface area (Å²) in [7, 11) is 0. The standard InChI is InChI=1S/C10H20N2OS/c1-9(7-13)14-6-4-3-5-10(2,12)8-11/h9,13H,3-7,12H2,1-2H3. The summed E-state index contributed by atoms with van der Waals surface area (Å²) in [5.74, 6) is 1.03. The highest BCUT2D eigenvalue weighted by Crippen LogP contribution is 2.15. The van der Waals surface area contributed by atoms with Crippen molar-refractivity contribution in [2.45, 2.75) is 43.9 Å². The van der Waals surface area contributed by atoms with Gasteiger partial charge in [-0.3, -0.25) is 0 Å². The number of hydrogen-bond donors (Lipinski definition) is 2. The van der Waals surface area contributed by atoms with E-state index >= 15 is 0 Å². The van der Waals surface area contributed by atoms with Crippen LogP contribution in [-0.2, 0) is 0 Å². The van der Waals surface area contributed by atoms with Crippen LogP contribution >= 0.6 is 11.8 Å². The van der Waals surface area contributed by atoms with Gasteiger partial charge in [0.1, 0.15) is 5.54 Å². The van der Waals surface area contributed by atoms with E-state index in [0.29, 0.717) is 5.25 Å². The molecule has 2 unspecified atom stereocenters. The van der Waals surface area contributed by atoms with Crippen LogP contribution in [0.3, 0.4) is 0 Å². The van der Waals surface area contributed by atoms with Crippen molar-refractivity contribution in [1.29, 1.82) is 5.26 Å². The number of nitrogens with two attached hydrogens (primary N) is 1. The first-order valence-corrected chi connectivity index (χ1v) is 5.99. The molecule has 3 N–H and O–H groups in total. The van der Waals surface area contributed by atoms with E-state index in [9.17, 15) is 0 Å². The number of thioether (sulfide) groups is 1. The molecule has 2 atom stereocenters. The molecule has 0 spiro atoms. The smallest absolute Gasteiger partial charge is 0.101 e. The quantitative estimate of drug-likeness (QED) is 0.633. The van der Waals surface area contributed by atoms with E-state index in [2.05, 4.69) is 6.07 Å². The Bertz CT molecular complexity index is 189. The first-order chi connectivity index (χ1) is 6.52. The lowest BCUT2D eigenvalue weighted by Crippen LogP contribution is -2.33. The van der Waals surface area contributed by atoms with Gasteiger partial charge in [0.2, 0.25) is 0 Å². The van der Waals surface area contributed by atoms with Crippen LogP contribution in [0.15, 0.2) is 0 Å². The Morgan fingerprint density at radius 3 is 2.71 bits per heavy atom. The zero-order chi connectivity index (χ0) is 11.0. The third-order valence-corrected chi connectivity index (χ3v) is 3.25. The summed E-state index contributed by atoms with van der Waals surface area (Å²) in [5, 5.41) is 17.8. The molecule has 4 heteroatoms. The highest BCUT2D eigenvalue weighted by atomic mass is 32.2. The van der Waals surface area contributed by atoms with Gasteiger partial charge in [-0.15, -0.1) is 0 Å². The molecule has 14 heavy (non-hydrogen) atoms. The van der Waals surface area contributed by atoms with Crippen molar-refractivity contribution in [3.05, 3.63) is 0 Å². The van der Waals surface area contributed by atoms with Crippen LogP contribution in [0.25, 0.3) is 0 Å². The zero-order valence-electron chi connectivity index (χ0n) is 8.99. The molecule has 0 aromatic carbocycles. The van der Waals surface area contributed by atoms with Gasteiger partial charge in [-0.05, 0) is 31.9 Å². The Kier molecular flexibility index (Phi) is 6.98. The maximum absolute atomic E-state index is 8.77. The van der Waals surface area contributed by atoms with Gasteiger partial charge in [-0.1, -0.05) is 6.92 Å². The van der Waals surface area contributed by atoms with Gasteiger partial charge in [-0.25, -0.2) is 0 Å². The van der Waals surface area contributed by atoms with Gasteiger partial charge < -0.3 is 10.8 Å². The summed E-state index contributed by atoms with van der Waals surface area (Å²) in [4.78, 5) is 0. The Morgan fingerprint density at radius 2 is 2.21 bits per heavy atom. The third-order valence-electron chi connectivity index (χ3n) is 2.01. The number of hydrogen-bond acceptors (Lipinski definition) is 4. The fourth-order valence-corrected chi connectivity index (χ4v) is 1.87. The van der Waals surface area contributed by atoms with Crippen molar-refractivity contribution < 1.29 is 5.11 Å². The highest BCUT2D eigenvalue weighted by Gasteiger charge is 2.15. The molecule has 0 aromatic rings. The topological polar surface area (TPSA) is 70.0 Å². The molecular formula is C10H20N2OS. The van der Waals surface area contributed by atoms with E-state index in [1.165, 1.54) is 0 Å². The van der Waals surface area contributed by atoms with E-state index in [4.69, 9.17) is 16.1 Å². The van der Waals surface area contributed by atoms with Gasteiger partial charge in [0.25, 0.3) is 0 Å². The number of aliphatic hydroxyl groups excluding tert-OH is 1. The monoisotopic (exact) mass is 216 g/mol. The number of rotatable bonds is 7. The summed E-state index contributed by atoms with van der Waals surface area (Å²) in [6, 6.07) is 2.08. The fourth-order valence-electron chi connectivity index (χ4n) is 0.987. The number of nitrogens with zero attached hydrogens (tertiary/aromatic N) is 1. The van der Waals surface area contributed by atoms with E-state index < -0.39 is 5.54 Å². The summed E-state index contributed by atoms with van der Waals surface area (Å²) < 4.78 is 0. The van der Waals surface area contributed by atoms with Crippen LogP contribution in [0.4, 0.5) is 0 Å². The zero-order valence-corrected chi connectivity index (χ0v) is 9.81. The lowest BCUT2D eigenvalue weighted by Gasteiger charge is -2.14. The van der Waals surface area contributed by atoms with E-state index in [1.54, 1.807) is 18.7 Å². The Labute approximate surface area is 90.7 Å². The second kappa shape index (κ2) is 7.10. The van der Waals surface area contributed by atoms with Gasteiger partial charge in [0.15, 0.2) is 0 Å². The summed E-state index contributed by atoms with van der Waals surface area (Å²) in [5.41, 5.74) is 5.00. The summed E-state index contributed by atoms with van der Waals surface area (Å²) in [6.45, 7) is 4.00. The van der Waals surface area contributed by atoms with Gasteiger partial charge in [0.05, 0.1) is 12.7 Å². The van der Waals surface area contributed by atoms with Gasteiger partial charge >= 0.3 is 0 Å². The van der Waals surface area contributed by atoms with Crippen LogP contribution in [0.5, 0.6) is 0 Å². The molecule has 0 rings (SSSR count). The number of nitriles is 1. The molecule has 0 fully saturated rings. The van der Waals surface area contributed by atoms with Crippen LogP contribution in [0, 0.1) is 11.3 Å². The van der Waals surface area contributed by atoms with Gasteiger partial charge in [0, 0.05) is 5.25 Å². The largest absolute Gasteiger partial charge is 0.395 e. The van der Waals surface area contributed by atoms with Crippen LogP contribution in [0.1, 0.15) is 33.1 Å². The van der Waals surface area contributed by atoms with E-state index in [0.717, 1.165) is 25.0 Å². The lowest BCUT2D eigenvalue weighted by atomic mass is 9.99. The van der Waals surface area contributed by atoms with Gasteiger partial charge in [-0.2, -0.15) is 17.0 Å². The van der Waals surface area contributed by atoms with Crippen LogP contribution < -0.4 is 5.73 Å². The average Bonchev–Trinajstić information content (AvgIpc) is 2.17. The Hall–Kier alpha value is -0.240. The Morgan fingerprint density at radius 1 is 1.57 bits per heavy atom. The fraction of sp³-hybridized carbons (Fsp3) is 0.900. The van der Waals surface area contributed by atoms with Crippen molar-refractivity contribution in [2.24, 2.45) is 5.73 Å². The molecule has 0 aromatic heterocycles. The molecule has 0 saturated carbocycles. The molecular weight excluding hydrogens is 196 g/mol. The minimum atomic E-state index is -0.673. The van der Waals surface area contributed by atoms with Crippen molar-refractivity contribution in [2.75, 3.05) is 12.4 Å². The maximum Gasteiger partial charge on any atom is 0.101 e. The number of unbranched alkanes of at least 4 members (excludes halogenated alkanes) is 1. The third kappa shape index (κ3) is 7.19. The van der Waals surface area contributed by atoms with Crippen molar-refractivity contribution in [1.82, 2.24) is 0 Å². The van der Waals surface area contributed by atoms with Crippen molar-refractivity contribution in [3.8, 4) is 6.07 Å². The van der Waals surface area contributed by atoms with Crippen molar-refractivity contribution in [3.63, 3.8) is 0 Å². The van der Waals surface area contributed by atoms with Crippen LogP contribution in [0.2, 0.25) is 0 Å².